The molecule has 0 amide bonds. The first kappa shape index (κ1) is 11.5. The molecule has 19 heavy (non-hydrogen) atoms. The van der Waals surface area contributed by atoms with E-state index in [1.807, 2.05) is 18.2 Å². The highest BCUT2D eigenvalue weighted by Crippen LogP contribution is 2.34. The number of hydrogen-bond donors (Lipinski definition) is 0. The normalized spacial score (nSPS) is 15.2. The molecule has 3 rings (SSSR count). The lowest BCUT2D eigenvalue weighted by molar-refractivity contribution is 0.101. The Morgan fingerprint density at radius 2 is 2.16 bits per heavy atom. The monoisotopic (exact) mass is 253 g/mol. The van der Waals surface area contributed by atoms with Crippen LogP contribution in [0.15, 0.2) is 48.4 Å². The molecule has 0 N–H and O–H groups in total. The van der Waals surface area contributed by atoms with Crippen molar-refractivity contribution in [3.8, 4) is 11.5 Å². The number of hydrogen-bond acceptors (Lipinski definition) is 4. The quantitative estimate of drug-likeness (QED) is 0.772. The molecule has 0 fully saturated rings. The van der Waals surface area contributed by atoms with E-state index in [4.69, 9.17) is 9.47 Å². The standard InChI is InChI=1S/C15H11NO3/c1-18-11-5-6-12-13(9-11)19-14(15(12)17)8-10-4-2-3-7-16-10/h2-9H,1H3. The summed E-state index contributed by atoms with van der Waals surface area (Å²) in [6, 6.07) is 10.6. The highest BCUT2D eigenvalue weighted by atomic mass is 16.5. The fraction of sp³-hybridized carbons (Fsp3) is 0.0667. The number of ketones is 1. The van der Waals surface area contributed by atoms with Crippen LogP contribution in [0.25, 0.3) is 6.08 Å². The second-order valence-corrected chi connectivity index (χ2v) is 4.06. The molecule has 4 nitrogen and oxygen atoms in total. The summed E-state index contributed by atoms with van der Waals surface area (Å²) >= 11 is 0. The van der Waals surface area contributed by atoms with E-state index in [9.17, 15) is 4.79 Å². The van der Waals surface area contributed by atoms with Crippen LogP contribution in [0.2, 0.25) is 0 Å². The molecule has 2 aromatic rings. The van der Waals surface area contributed by atoms with Crippen molar-refractivity contribution in [3.05, 3.63) is 59.6 Å². The van der Waals surface area contributed by atoms with Gasteiger partial charge in [0, 0.05) is 18.3 Å². The Morgan fingerprint density at radius 3 is 2.89 bits per heavy atom. The second kappa shape index (κ2) is 4.57. The maximum atomic E-state index is 12.1. The maximum Gasteiger partial charge on any atom is 0.232 e. The van der Waals surface area contributed by atoms with Crippen LogP contribution in [-0.2, 0) is 0 Å². The number of methoxy groups -OCH3 is 1. The molecule has 0 unspecified atom stereocenters. The molecule has 0 bridgehead atoms. The Kier molecular flexibility index (Phi) is 2.76. The zero-order chi connectivity index (χ0) is 13.2. The van der Waals surface area contributed by atoms with Gasteiger partial charge in [-0.25, -0.2) is 0 Å². The number of aromatic nitrogens is 1. The van der Waals surface area contributed by atoms with Crippen LogP contribution in [-0.4, -0.2) is 17.9 Å². The van der Waals surface area contributed by atoms with Crippen molar-refractivity contribution >= 4 is 11.9 Å². The Morgan fingerprint density at radius 1 is 1.26 bits per heavy atom. The van der Waals surface area contributed by atoms with Gasteiger partial charge in [0.25, 0.3) is 0 Å². The average Bonchev–Trinajstić information content (AvgIpc) is 2.76. The van der Waals surface area contributed by atoms with Crippen LogP contribution in [0.5, 0.6) is 11.5 Å². The Balaban J connectivity index is 1.97. The molecule has 0 aliphatic carbocycles. The van der Waals surface area contributed by atoms with Gasteiger partial charge in [-0.05, 0) is 24.3 Å². The zero-order valence-corrected chi connectivity index (χ0v) is 10.3. The predicted molar refractivity (Wildman–Crippen MR) is 70.2 cm³/mol. The first-order valence-corrected chi connectivity index (χ1v) is 5.81. The Labute approximate surface area is 110 Å². The number of rotatable bonds is 2. The average molecular weight is 253 g/mol. The summed E-state index contributed by atoms with van der Waals surface area (Å²) in [7, 11) is 1.57. The number of pyridine rings is 1. The van der Waals surface area contributed by atoms with Gasteiger partial charge >= 0.3 is 0 Å². The number of benzene rings is 1. The van der Waals surface area contributed by atoms with Gasteiger partial charge in [0.05, 0.1) is 18.4 Å². The molecule has 0 saturated carbocycles. The lowest BCUT2D eigenvalue weighted by Crippen LogP contribution is -1.98. The first-order chi connectivity index (χ1) is 9.28. The molecule has 4 heteroatoms. The van der Waals surface area contributed by atoms with Gasteiger partial charge in [-0.15, -0.1) is 0 Å². The molecule has 2 heterocycles. The maximum absolute atomic E-state index is 12.1. The smallest absolute Gasteiger partial charge is 0.232 e. The molecular formula is C15H11NO3. The number of carbonyl (C=O) groups is 1. The Bertz CT molecular complexity index is 662. The minimum atomic E-state index is -0.136. The SMILES string of the molecule is COc1ccc2c(c1)OC(=Cc1ccccn1)C2=O. The van der Waals surface area contributed by atoms with Crippen LogP contribution in [0.3, 0.4) is 0 Å². The summed E-state index contributed by atoms with van der Waals surface area (Å²) in [6.45, 7) is 0. The van der Waals surface area contributed by atoms with E-state index in [2.05, 4.69) is 4.98 Å². The molecule has 94 valence electrons. The van der Waals surface area contributed by atoms with Gasteiger partial charge in [0.15, 0.2) is 5.76 Å². The van der Waals surface area contributed by atoms with Crippen molar-refractivity contribution in [2.75, 3.05) is 7.11 Å². The van der Waals surface area contributed by atoms with Gasteiger partial charge in [-0.1, -0.05) is 6.07 Å². The van der Waals surface area contributed by atoms with Crippen molar-refractivity contribution in [2.45, 2.75) is 0 Å². The summed E-state index contributed by atoms with van der Waals surface area (Å²) in [4.78, 5) is 16.3. The molecule has 0 saturated heterocycles. The summed E-state index contributed by atoms with van der Waals surface area (Å²) < 4.78 is 10.7. The highest BCUT2D eigenvalue weighted by Gasteiger charge is 2.27. The number of nitrogens with zero attached hydrogens (tertiary/aromatic N) is 1. The van der Waals surface area contributed by atoms with Crippen LogP contribution in [0, 0.1) is 0 Å². The van der Waals surface area contributed by atoms with E-state index in [1.54, 1.807) is 37.6 Å². The van der Waals surface area contributed by atoms with E-state index in [0.29, 0.717) is 22.8 Å². The van der Waals surface area contributed by atoms with Crippen LogP contribution >= 0.6 is 0 Å². The van der Waals surface area contributed by atoms with E-state index < -0.39 is 0 Å². The molecular weight excluding hydrogens is 242 g/mol. The first-order valence-electron chi connectivity index (χ1n) is 5.81. The van der Waals surface area contributed by atoms with Gasteiger partial charge in [-0.2, -0.15) is 0 Å². The summed E-state index contributed by atoms with van der Waals surface area (Å²) in [5, 5.41) is 0. The molecule has 1 aliphatic heterocycles. The molecule has 1 aromatic carbocycles. The zero-order valence-electron chi connectivity index (χ0n) is 10.3. The minimum absolute atomic E-state index is 0.136. The van der Waals surface area contributed by atoms with E-state index in [-0.39, 0.29) is 11.5 Å². The number of carbonyl (C=O) groups excluding carboxylic acids is 1. The lowest BCUT2D eigenvalue weighted by atomic mass is 10.1. The second-order valence-electron chi connectivity index (χ2n) is 4.06. The van der Waals surface area contributed by atoms with Crippen molar-refractivity contribution in [3.63, 3.8) is 0 Å². The molecule has 1 aliphatic rings. The van der Waals surface area contributed by atoms with Crippen LogP contribution in [0.1, 0.15) is 16.1 Å². The molecule has 1 aromatic heterocycles. The third kappa shape index (κ3) is 2.08. The number of ether oxygens (including phenoxy) is 2. The summed E-state index contributed by atoms with van der Waals surface area (Å²) in [6.07, 6.45) is 3.30. The van der Waals surface area contributed by atoms with E-state index in [1.165, 1.54) is 0 Å². The van der Waals surface area contributed by atoms with Gasteiger partial charge in [0.1, 0.15) is 11.5 Å². The summed E-state index contributed by atoms with van der Waals surface area (Å²) in [5.74, 6) is 1.32. The van der Waals surface area contributed by atoms with Gasteiger partial charge in [-0.3, -0.25) is 9.78 Å². The largest absolute Gasteiger partial charge is 0.497 e. The van der Waals surface area contributed by atoms with E-state index >= 15 is 0 Å². The number of fused-ring (bicyclic) bond motifs is 1. The fourth-order valence-electron chi connectivity index (χ4n) is 1.89. The summed E-state index contributed by atoms with van der Waals surface area (Å²) in [5.41, 5.74) is 1.23. The third-order valence-corrected chi connectivity index (χ3v) is 2.84. The van der Waals surface area contributed by atoms with Crippen LogP contribution in [0.4, 0.5) is 0 Å². The third-order valence-electron chi connectivity index (χ3n) is 2.84. The number of allylic oxidation sites excluding steroid dienone is 1. The predicted octanol–water partition coefficient (Wildman–Crippen LogP) is 2.71. The van der Waals surface area contributed by atoms with Crippen molar-refractivity contribution < 1.29 is 14.3 Å². The topological polar surface area (TPSA) is 48.4 Å². The van der Waals surface area contributed by atoms with Crippen molar-refractivity contribution in [1.82, 2.24) is 4.98 Å². The van der Waals surface area contributed by atoms with Crippen molar-refractivity contribution in [1.29, 1.82) is 0 Å². The molecule has 0 spiro atoms. The fourth-order valence-corrected chi connectivity index (χ4v) is 1.89. The molecule has 0 atom stereocenters. The van der Waals surface area contributed by atoms with E-state index in [0.717, 1.165) is 0 Å². The highest BCUT2D eigenvalue weighted by molar-refractivity contribution is 6.14. The van der Waals surface area contributed by atoms with Crippen molar-refractivity contribution in [2.24, 2.45) is 0 Å². The Hall–Kier alpha value is -2.62. The molecule has 0 radical (unpaired) electrons. The van der Waals surface area contributed by atoms with Gasteiger partial charge < -0.3 is 9.47 Å². The lowest BCUT2D eigenvalue weighted by Gasteiger charge is -2.01. The number of Topliss-reactive ketones (excluding diaryl/α,β-unsaturated/α-hetero) is 1. The minimum Gasteiger partial charge on any atom is -0.497 e. The van der Waals surface area contributed by atoms with Crippen LogP contribution < -0.4 is 9.47 Å². The van der Waals surface area contributed by atoms with Gasteiger partial charge in [0.2, 0.25) is 5.78 Å².